The summed E-state index contributed by atoms with van der Waals surface area (Å²) in [5.74, 6) is -0.163. The van der Waals surface area contributed by atoms with Crippen molar-refractivity contribution in [1.82, 2.24) is 9.80 Å². The number of amides is 1. The maximum atomic E-state index is 13.5. The Bertz CT molecular complexity index is 1340. The van der Waals surface area contributed by atoms with Crippen LogP contribution >= 0.6 is 0 Å². The molecule has 0 aliphatic carbocycles. The SMILES string of the molecule is CCCCc1ccc(CS(=O)(=O)c2ccc(C)c(C(=O)N3CCN(Cc4ccccc4CC)CC3)c2)cc1. The number of rotatable bonds is 10. The fourth-order valence-corrected chi connectivity index (χ4v) is 6.46. The van der Waals surface area contributed by atoms with Crippen LogP contribution in [-0.4, -0.2) is 50.3 Å². The van der Waals surface area contributed by atoms with Crippen molar-refractivity contribution >= 4 is 15.7 Å². The molecule has 0 aromatic heterocycles. The maximum Gasteiger partial charge on any atom is 0.254 e. The Hall–Kier alpha value is -2.96. The molecule has 5 nitrogen and oxygen atoms in total. The molecule has 1 fully saturated rings. The second-order valence-corrected chi connectivity index (χ2v) is 12.3. The minimum Gasteiger partial charge on any atom is -0.336 e. The zero-order valence-corrected chi connectivity index (χ0v) is 23.8. The average Bonchev–Trinajstić information content (AvgIpc) is 2.93. The van der Waals surface area contributed by atoms with Gasteiger partial charge in [0.2, 0.25) is 0 Å². The first kappa shape index (κ1) is 28.1. The van der Waals surface area contributed by atoms with Crippen LogP contribution in [0.5, 0.6) is 0 Å². The minimum absolute atomic E-state index is 0.0738. The van der Waals surface area contributed by atoms with Crippen LogP contribution in [-0.2, 0) is 35.0 Å². The molecule has 1 aliphatic heterocycles. The molecule has 0 unspecified atom stereocenters. The number of hydrogen-bond acceptors (Lipinski definition) is 4. The second-order valence-electron chi connectivity index (χ2n) is 10.3. The van der Waals surface area contributed by atoms with Gasteiger partial charge in [-0.2, -0.15) is 0 Å². The van der Waals surface area contributed by atoms with Gasteiger partial charge in [0.15, 0.2) is 9.84 Å². The molecule has 0 atom stereocenters. The summed E-state index contributed by atoms with van der Waals surface area (Å²) in [6.07, 6.45) is 4.28. The van der Waals surface area contributed by atoms with Crippen molar-refractivity contribution in [3.8, 4) is 0 Å². The van der Waals surface area contributed by atoms with E-state index in [2.05, 4.69) is 43.0 Å². The van der Waals surface area contributed by atoms with E-state index in [4.69, 9.17) is 0 Å². The molecule has 0 radical (unpaired) electrons. The molecule has 1 heterocycles. The van der Waals surface area contributed by atoms with Crippen LogP contribution in [0.15, 0.2) is 71.6 Å². The molecule has 1 saturated heterocycles. The Morgan fingerprint density at radius 1 is 0.842 bits per heavy atom. The topological polar surface area (TPSA) is 57.7 Å². The highest BCUT2D eigenvalue weighted by Gasteiger charge is 2.25. The first-order valence-electron chi connectivity index (χ1n) is 13.8. The van der Waals surface area contributed by atoms with Crippen molar-refractivity contribution in [3.05, 3.63) is 100 Å². The number of benzene rings is 3. The highest BCUT2D eigenvalue weighted by molar-refractivity contribution is 7.90. The molecule has 0 N–H and O–H groups in total. The molecule has 0 spiro atoms. The average molecular weight is 533 g/mol. The number of aryl methyl sites for hydroxylation is 3. The van der Waals surface area contributed by atoms with Gasteiger partial charge in [-0.3, -0.25) is 9.69 Å². The lowest BCUT2D eigenvalue weighted by atomic mass is 10.0. The zero-order chi connectivity index (χ0) is 27.1. The monoisotopic (exact) mass is 532 g/mol. The second kappa shape index (κ2) is 12.7. The number of nitrogens with zero attached hydrogens (tertiary/aromatic N) is 2. The van der Waals surface area contributed by atoms with E-state index in [0.29, 0.717) is 18.7 Å². The molecule has 1 amide bonds. The normalized spacial score (nSPS) is 14.6. The summed E-state index contributed by atoms with van der Waals surface area (Å²) in [4.78, 5) is 17.9. The zero-order valence-electron chi connectivity index (χ0n) is 22.9. The van der Waals surface area contributed by atoms with E-state index in [9.17, 15) is 13.2 Å². The van der Waals surface area contributed by atoms with Crippen molar-refractivity contribution in [3.63, 3.8) is 0 Å². The Morgan fingerprint density at radius 3 is 2.16 bits per heavy atom. The predicted octanol–water partition coefficient (Wildman–Crippen LogP) is 5.83. The predicted molar refractivity (Wildman–Crippen MR) is 154 cm³/mol. The van der Waals surface area contributed by atoms with Crippen molar-refractivity contribution in [2.75, 3.05) is 26.2 Å². The van der Waals surface area contributed by atoms with Crippen molar-refractivity contribution in [2.45, 2.75) is 63.6 Å². The van der Waals surface area contributed by atoms with Crippen LogP contribution in [0, 0.1) is 6.92 Å². The molecule has 0 saturated carbocycles. The van der Waals surface area contributed by atoms with Gasteiger partial charge in [-0.15, -0.1) is 0 Å². The third-order valence-electron chi connectivity index (χ3n) is 7.55. The van der Waals surface area contributed by atoms with Crippen LogP contribution in [0.2, 0.25) is 0 Å². The van der Waals surface area contributed by atoms with Gasteiger partial charge >= 0.3 is 0 Å². The van der Waals surface area contributed by atoms with Gasteiger partial charge in [-0.05, 0) is 66.1 Å². The number of carbonyl (C=O) groups is 1. The van der Waals surface area contributed by atoms with E-state index in [1.165, 1.54) is 16.7 Å². The highest BCUT2D eigenvalue weighted by atomic mass is 32.2. The molecule has 0 bridgehead atoms. The summed E-state index contributed by atoms with van der Waals surface area (Å²) in [5, 5.41) is 0. The van der Waals surface area contributed by atoms with Crippen LogP contribution < -0.4 is 0 Å². The molecular formula is C32H40N2O3S. The summed E-state index contributed by atoms with van der Waals surface area (Å²) in [7, 11) is -3.58. The van der Waals surface area contributed by atoms with Crippen molar-refractivity contribution < 1.29 is 13.2 Å². The van der Waals surface area contributed by atoms with E-state index < -0.39 is 9.84 Å². The molecule has 3 aromatic carbocycles. The quantitative estimate of drug-likeness (QED) is 0.330. The standard InChI is InChI=1S/C32H40N2O3S/c1-4-6-9-26-13-15-27(16-14-26)24-38(36,37)30-17-12-25(3)31(22-30)32(35)34-20-18-33(19-21-34)23-29-11-8-7-10-28(29)5-2/h7-8,10-17,22H,4-6,9,18-21,23-24H2,1-3H3. The Kier molecular flexibility index (Phi) is 9.40. The molecule has 3 aromatic rings. The van der Waals surface area contributed by atoms with E-state index in [1.807, 2.05) is 36.1 Å². The summed E-state index contributed by atoms with van der Waals surface area (Å²) in [5.41, 5.74) is 5.98. The van der Waals surface area contributed by atoms with Crippen LogP contribution in [0.4, 0.5) is 0 Å². The number of hydrogen-bond donors (Lipinski definition) is 0. The van der Waals surface area contributed by atoms with Gasteiger partial charge in [0.05, 0.1) is 10.6 Å². The summed E-state index contributed by atoms with van der Waals surface area (Å²) in [6.45, 7) is 9.96. The fourth-order valence-electron chi connectivity index (χ4n) is 5.09. The van der Waals surface area contributed by atoms with Gasteiger partial charge < -0.3 is 4.90 Å². The van der Waals surface area contributed by atoms with Crippen molar-refractivity contribution in [2.24, 2.45) is 0 Å². The number of sulfone groups is 1. The van der Waals surface area contributed by atoms with Gasteiger partial charge in [-0.25, -0.2) is 8.42 Å². The lowest BCUT2D eigenvalue weighted by Crippen LogP contribution is -2.48. The summed E-state index contributed by atoms with van der Waals surface area (Å²) >= 11 is 0. The summed E-state index contributed by atoms with van der Waals surface area (Å²) in [6, 6.07) is 21.3. The lowest BCUT2D eigenvalue weighted by Gasteiger charge is -2.35. The molecule has 1 aliphatic rings. The smallest absolute Gasteiger partial charge is 0.254 e. The molecule has 6 heteroatoms. The van der Waals surface area contributed by atoms with E-state index in [-0.39, 0.29) is 16.6 Å². The van der Waals surface area contributed by atoms with Crippen LogP contribution in [0.1, 0.15) is 64.9 Å². The van der Waals surface area contributed by atoms with Gasteiger partial charge in [-0.1, -0.05) is 74.9 Å². The number of unbranched alkanes of at least 4 members (excludes halogenated alkanes) is 1. The van der Waals surface area contributed by atoms with Crippen molar-refractivity contribution in [1.29, 1.82) is 0 Å². The largest absolute Gasteiger partial charge is 0.336 e. The maximum absolute atomic E-state index is 13.5. The molecule has 38 heavy (non-hydrogen) atoms. The van der Waals surface area contributed by atoms with Gasteiger partial charge in [0, 0.05) is 38.3 Å². The molecular weight excluding hydrogens is 492 g/mol. The number of carbonyl (C=O) groups excluding carboxylic acids is 1. The fraction of sp³-hybridized carbons (Fsp3) is 0.406. The van der Waals surface area contributed by atoms with Crippen LogP contribution in [0.25, 0.3) is 0 Å². The van der Waals surface area contributed by atoms with Gasteiger partial charge in [0.25, 0.3) is 5.91 Å². The van der Waals surface area contributed by atoms with E-state index >= 15 is 0 Å². The van der Waals surface area contributed by atoms with E-state index in [0.717, 1.165) is 56.4 Å². The number of piperazine rings is 1. The third kappa shape index (κ3) is 6.91. The Balaban J connectivity index is 1.41. The first-order valence-corrected chi connectivity index (χ1v) is 15.5. The summed E-state index contributed by atoms with van der Waals surface area (Å²) < 4.78 is 26.5. The molecule has 4 rings (SSSR count). The van der Waals surface area contributed by atoms with Crippen LogP contribution in [0.3, 0.4) is 0 Å². The Labute approximate surface area is 228 Å². The van der Waals surface area contributed by atoms with E-state index in [1.54, 1.807) is 18.2 Å². The minimum atomic E-state index is -3.58. The highest BCUT2D eigenvalue weighted by Crippen LogP contribution is 2.23. The lowest BCUT2D eigenvalue weighted by molar-refractivity contribution is 0.0627. The first-order chi connectivity index (χ1) is 18.3. The Morgan fingerprint density at radius 2 is 1.50 bits per heavy atom. The molecule has 202 valence electrons. The van der Waals surface area contributed by atoms with Gasteiger partial charge in [0.1, 0.15) is 0 Å². The third-order valence-corrected chi connectivity index (χ3v) is 9.24.